The quantitative estimate of drug-likeness (QED) is 0.733. The van der Waals surface area contributed by atoms with Gasteiger partial charge in [0, 0.05) is 17.5 Å². The van der Waals surface area contributed by atoms with Gasteiger partial charge in [-0.1, -0.05) is 18.2 Å². The van der Waals surface area contributed by atoms with E-state index in [2.05, 4.69) is 25.1 Å². The van der Waals surface area contributed by atoms with Gasteiger partial charge < -0.3 is 10.5 Å². The minimum absolute atomic E-state index is 0.0673. The Bertz CT molecular complexity index is 368. The lowest BCUT2D eigenvalue weighted by atomic mass is 9.88. The summed E-state index contributed by atoms with van der Waals surface area (Å²) in [6.45, 7) is 2.08. The van der Waals surface area contributed by atoms with E-state index in [0.717, 1.165) is 18.6 Å². The monoisotopic (exact) mass is 189 g/mol. The molecular formula is C12H15NO. The van der Waals surface area contributed by atoms with Crippen LogP contribution in [0.25, 0.3) is 0 Å². The van der Waals surface area contributed by atoms with E-state index in [1.54, 1.807) is 0 Å². The Balaban J connectivity index is 2.09. The number of hydrogen-bond acceptors (Lipinski definition) is 2. The summed E-state index contributed by atoms with van der Waals surface area (Å²) in [5, 5.41) is 0. The molecule has 0 amide bonds. The van der Waals surface area contributed by atoms with Gasteiger partial charge in [0.2, 0.25) is 0 Å². The van der Waals surface area contributed by atoms with Crippen molar-refractivity contribution in [3.8, 4) is 5.75 Å². The van der Waals surface area contributed by atoms with Crippen LogP contribution in [0, 0.1) is 0 Å². The van der Waals surface area contributed by atoms with Crippen LogP contribution in [-0.4, -0.2) is 11.6 Å². The maximum Gasteiger partial charge on any atom is 0.123 e. The van der Waals surface area contributed by atoms with E-state index in [1.165, 1.54) is 5.56 Å². The van der Waals surface area contributed by atoms with Gasteiger partial charge in [-0.25, -0.2) is 0 Å². The zero-order chi connectivity index (χ0) is 9.76. The lowest BCUT2D eigenvalue weighted by Gasteiger charge is -2.21. The summed E-state index contributed by atoms with van der Waals surface area (Å²) in [5.41, 5.74) is 7.42. The Hall–Kier alpha value is -1.02. The van der Waals surface area contributed by atoms with Gasteiger partial charge in [0.15, 0.2) is 0 Å². The molecule has 0 radical (unpaired) electrons. The van der Waals surface area contributed by atoms with Crippen LogP contribution < -0.4 is 10.5 Å². The van der Waals surface area contributed by atoms with Crippen molar-refractivity contribution in [2.24, 2.45) is 5.73 Å². The van der Waals surface area contributed by atoms with Gasteiger partial charge >= 0.3 is 0 Å². The van der Waals surface area contributed by atoms with E-state index < -0.39 is 0 Å². The van der Waals surface area contributed by atoms with Crippen LogP contribution in [0.1, 0.15) is 31.2 Å². The summed E-state index contributed by atoms with van der Waals surface area (Å²) in [5.74, 6) is 1.45. The summed E-state index contributed by atoms with van der Waals surface area (Å²) >= 11 is 0. The van der Waals surface area contributed by atoms with Crippen LogP contribution in [0.2, 0.25) is 0 Å². The Morgan fingerprint density at radius 1 is 1.43 bits per heavy atom. The fourth-order valence-electron chi connectivity index (χ4n) is 2.69. The molecule has 2 aliphatic rings. The number of ether oxygens (including phenoxy) is 1. The zero-order valence-corrected chi connectivity index (χ0v) is 8.36. The number of hydrogen-bond donors (Lipinski definition) is 1. The van der Waals surface area contributed by atoms with Gasteiger partial charge in [0.1, 0.15) is 11.4 Å². The molecule has 1 saturated carbocycles. The summed E-state index contributed by atoms with van der Waals surface area (Å²) in [4.78, 5) is 0. The van der Waals surface area contributed by atoms with Crippen LogP contribution >= 0.6 is 0 Å². The van der Waals surface area contributed by atoms with E-state index in [1.807, 2.05) is 6.07 Å². The summed E-state index contributed by atoms with van der Waals surface area (Å²) < 4.78 is 6.00. The molecule has 1 aliphatic heterocycles. The molecule has 2 N–H and O–H groups in total. The van der Waals surface area contributed by atoms with Crippen LogP contribution in [-0.2, 0) is 0 Å². The first kappa shape index (κ1) is 8.30. The number of nitrogens with two attached hydrogens (primary N) is 1. The maximum atomic E-state index is 6.05. The summed E-state index contributed by atoms with van der Waals surface area (Å²) in [6, 6.07) is 8.48. The molecule has 1 aromatic rings. The van der Waals surface area contributed by atoms with Crippen molar-refractivity contribution < 1.29 is 4.74 Å². The third kappa shape index (κ3) is 0.947. The van der Waals surface area contributed by atoms with Crippen molar-refractivity contribution in [3.63, 3.8) is 0 Å². The molecular weight excluding hydrogens is 174 g/mol. The minimum atomic E-state index is 0.0673. The molecule has 1 fully saturated rings. The van der Waals surface area contributed by atoms with Gasteiger partial charge in [-0.3, -0.25) is 0 Å². The minimum Gasteiger partial charge on any atom is -0.486 e. The maximum absolute atomic E-state index is 6.05. The van der Waals surface area contributed by atoms with Crippen LogP contribution in [0.5, 0.6) is 5.75 Å². The topological polar surface area (TPSA) is 35.2 Å². The van der Waals surface area contributed by atoms with Crippen molar-refractivity contribution in [3.05, 3.63) is 29.8 Å². The standard InChI is InChI=1S/C12H15NO/c1-8(13)11-9-4-2-3-5-10(9)14-12(11)6-7-12/h2-5,8,11H,6-7,13H2,1H3. The average Bonchev–Trinajstić information content (AvgIpc) is 2.81. The molecule has 2 unspecified atom stereocenters. The molecule has 0 saturated heterocycles. The predicted octanol–water partition coefficient (Wildman–Crippen LogP) is 2.04. The average molecular weight is 189 g/mol. The first-order valence-corrected chi connectivity index (χ1v) is 5.26. The summed E-state index contributed by atoms with van der Waals surface area (Å²) in [6.07, 6.45) is 2.32. The Labute approximate surface area is 84.1 Å². The van der Waals surface area contributed by atoms with E-state index in [0.29, 0.717) is 5.92 Å². The van der Waals surface area contributed by atoms with Crippen LogP contribution in [0.15, 0.2) is 24.3 Å². The largest absolute Gasteiger partial charge is 0.486 e. The van der Waals surface area contributed by atoms with Crippen molar-refractivity contribution >= 4 is 0 Å². The molecule has 2 atom stereocenters. The van der Waals surface area contributed by atoms with Crippen molar-refractivity contribution in [1.29, 1.82) is 0 Å². The number of para-hydroxylation sites is 1. The van der Waals surface area contributed by atoms with Crippen LogP contribution in [0.3, 0.4) is 0 Å². The van der Waals surface area contributed by atoms with Crippen LogP contribution in [0.4, 0.5) is 0 Å². The van der Waals surface area contributed by atoms with Gasteiger partial charge in [0.05, 0.1) is 0 Å². The zero-order valence-electron chi connectivity index (χ0n) is 8.36. The Morgan fingerprint density at radius 2 is 2.14 bits per heavy atom. The van der Waals surface area contributed by atoms with Crippen molar-refractivity contribution in [2.45, 2.75) is 37.3 Å². The third-order valence-electron chi connectivity index (χ3n) is 3.40. The Morgan fingerprint density at radius 3 is 2.79 bits per heavy atom. The van der Waals surface area contributed by atoms with Gasteiger partial charge in [-0.15, -0.1) is 0 Å². The highest BCUT2D eigenvalue weighted by atomic mass is 16.5. The number of benzene rings is 1. The van der Waals surface area contributed by atoms with E-state index in [9.17, 15) is 0 Å². The molecule has 0 aromatic heterocycles. The second-order valence-electron chi connectivity index (χ2n) is 4.54. The van der Waals surface area contributed by atoms with Crippen molar-refractivity contribution in [1.82, 2.24) is 0 Å². The van der Waals surface area contributed by atoms with E-state index in [-0.39, 0.29) is 11.6 Å². The lowest BCUT2D eigenvalue weighted by Crippen LogP contribution is -2.34. The Kier molecular flexibility index (Phi) is 1.49. The number of fused-ring (bicyclic) bond motifs is 1. The fraction of sp³-hybridized carbons (Fsp3) is 0.500. The molecule has 2 nitrogen and oxygen atoms in total. The van der Waals surface area contributed by atoms with E-state index >= 15 is 0 Å². The van der Waals surface area contributed by atoms with Gasteiger partial charge in [-0.2, -0.15) is 0 Å². The molecule has 1 heterocycles. The summed E-state index contributed by atoms with van der Waals surface area (Å²) in [7, 11) is 0. The second kappa shape index (κ2) is 2.51. The molecule has 3 rings (SSSR count). The third-order valence-corrected chi connectivity index (χ3v) is 3.40. The molecule has 1 aromatic carbocycles. The highest BCUT2D eigenvalue weighted by molar-refractivity contribution is 5.46. The predicted molar refractivity (Wildman–Crippen MR) is 55.4 cm³/mol. The van der Waals surface area contributed by atoms with E-state index in [4.69, 9.17) is 10.5 Å². The first-order chi connectivity index (χ1) is 6.73. The van der Waals surface area contributed by atoms with Gasteiger partial charge in [0.25, 0.3) is 0 Å². The molecule has 1 aliphatic carbocycles. The fourth-order valence-corrected chi connectivity index (χ4v) is 2.69. The molecule has 14 heavy (non-hydrogen) atoms. The molecule has 2 heteroatoms. The first-order valence-electron chi connectivity index (χ1n) is 5.26. The highest BCUT2D eigenvalue weighted by Gasteiger charge is 2.58. The lowest BCUT2D eigenvalue weighted by molar-refractivity contribution is 0.172. The smallest absolute Gasteiger partial charge is 0.123 e. The molecule has 1 spiro atoms. The molecule has 74 valence electrons. The highest BCUT2D eigenvalue weighted by Crippen LogP contribution is 2.58. The normalized spacial score (nSPS) is 28.3. The second-order valence-corrected chi connectivity index (χ2v) is 4.54. The SMILES string of the molecule is CC(N)C1c2ccccc2OC12CC2. The van der Waals surface area contributed by atoms with Crippen molar-refractivity contribution in [2.75, 3.05) is 0 Å². The van der Waals surface area contributed by atoms with Gasteiger partial charge in [-0.05, 0) is 25.8 Å². The molecule has 0 bridgehead atoms. The number of rotatable bonds is 1.